The lowest BCUT2D eigenvalue weighted by Gasteiger charge is -2.43. The lowest BCUT2D eigenvalue weighted by molar-refractivity contribution is 0.0734. The van der Waals surface area contributed by atoms with E-state index in [1.807, 2.05) is 48.5 Å². The predicted octanol–water partition coefficient (Wildman–Crippen LogP) is 5.88. The summed E-state index contributed by atoms with van der Waals surface area (Å²) in [6.07, 6.45) is 0. The standard InChI is InChI=1S/C32H31NO4Si/c1-32(2,3)38(28-15-9-5-10-16-28,29-17-11-6-12-18-29)36-24-26-23-27(19-20-30(26)35-22-21-33)37-31(34)25-13-7-4-8-14-25/h4-20,23H,22,24H2,1-3H3. The Bertz CT molecular complexity index is 1360. The molecule has 0 saturated carbocycles. The molecule has 0 unspecified atom stereocenters. The van der Waals surface area contributed by atoms with Crippen molar-refractivity contribution >= 4 is 24.7 Å². The topological polar surface area (TPSA) is 68.6 Å². The highest BCUT2D eigenvalue weighted by atomic mass is 28.4. The normalized spacial score (nSPS) is 11.4. The van der Waals surface area contributed by atoms with E-state index in [-0.39, 0.29) is 18.3 Å². The van der Waals surface area contributed by atoms with Crippen LogP contribution in [0.15, 0.2) is 109 Å². The summed E-state index contributed by atoms with van der Waals surface area (Å²) in [5.74, 6) is 0.448. The van der Waals surface area contributed by atoms with Crippen molar-refractivity contribution in [1.29, 1.82) is 5.26 Å². The summed E-state index contributed by atoms with van der Waals surface area (Å²) < 4.78 is 18.4. The van der Waals surface area contributed by atoms with Crippen LogP contribution in [0.5, 0.6) is 11.5 Å². The molecule has 4 aromatic carbocycles. The van der Waals surface area contributed by atoms with Crippen LogP contribution in [0.1, 0.15) is 36.7 Å². The summed E-state index contributed by atoms with van der Waals surface area (Å²) in [6.45, 7) is 6.75. The van der Waals surface area contributed by atoms with E-state index in [4.69, 9.17) is 19.2 Å². The highest BCUT2D eigenvalue weighted by Gasteiger charge is 2.50. The molecule has 38 heavy (non-hydrogen) atoms. The number of esters is 1. The molecule has 0 spiro atoms. The maximum Gasteiger partial charge on any atom is 0.343 e. The quantitative estimate of drug-likeness (QED) is 0.156. The third kappa shape index (κ3) is 5.86. The van der Waals surface area contributed by atoms with Gasteiger partial charge in [0.1, 0.15) is 17.6 Å². The minimum absolute atomic E-state index is 0.102. The summed E-state index contributed by atoms with van der Waals surface area (Å²) >= 11 is 0. The number of nitriles is 1. The number of ether oxygens (including phenoxy) is 2. The fourth-order valence-electron chi connectivity index (χ4n) is 4.67. The summed E-state index contributed by atoms with van der Waals surface area (Å²) in [7, 11) is -2.82. The van der Waals surface area contributed by atoms with Crippen LogP contribution in [-0.4, -0.2) is 20.9 Å². The molecule has 0 heterocycles. The van der Waals surface area contributed by atoms with Gasteiger partial charge in [0.25, 0.3) is 8.32 Å². The first-order chi connectivity index (χ1) is 18.3. The zero-order valence-electron chi connectivity index (χ0n) is 21.9. The Kier molecular flexibility index (Phi) is 8.42. The maximum atomic E-state index is 12.7. The second-order valence-electron chi connectivity index (χ2n) is 9.92. The van der Waals surface area contributed by atoms with E-state index < -0.39 is 14.3 Å². The molecule has 0 atom stereocenters. The number of rotatable bonds is 9. The molecular weight excluding hydrogens is 490 g/mol. The summed E-state index contributed by atoms with van der Waals surface area (Å²) in [4.78, 5) is 12.7. The minimum atomic E-state index is -2.82. The number of nitrogens with zero attached hydrogens (tertiary/aromatic N) is 1. The van der Waals surface area contributed by atoms with Crippen molar-refractivity contribution in [2.45, 2.75) is 32.4 Å². The number of carbonyl (C=O) groups is 1. The van der Waals surface area contributed by atoms with Gasteiger partial charge in [-0.05, 0) is 45.7 Å². The van der Waals surface area contributed by atoms with Gasteiger partial charge in [-0.1, -0.05) is 99.6 Å². The van der Waals surface area contributed by atoms with Gasteiger partial charge in [-0.15, -0.1) is 0 Å². The lowest BCUT2D eigenvalue weighted by Crippen LogP contribution is -2.66. The van der Waals surface area contributed by atoms with Gasteiger partial charge in [0, 0.05) is 5.56 Å². The largest absolute Gasteiger partial charge is 0.478 e. The Morgan fingerprint density at radius 2 is 1.37 bits per heavy atom. The molecule has 0 fully saturated rings. The molecule has 0 aliphatic rings. The molecule has 6 heteroatoms. The number of hydrogen-bond acceptors (Lipinski definition) is 5. The Morgan fingerprint density at radius 3 is 1.89 bits per heavy atom. The van der Waals surface area contributed by atoms with E-state index >= 15 is 0 Å². The van der Waals surface area contributed by atoms with E-state index in [1.54, 1.807) is 42.5 Å². The van der Waals surface area contributed by atoms with Gasteiger partial charge < -0.3 is 13.9 Å². The molecule has 0 saturated heterocycles. The van der Waals surface area contributed by atoms with Crippen LogP contribution in [0.25, 0.3) is 0 Å². The number of hydrogen-bond donors (Lipinski definition) is 0. The van der Waals surface area contributed by atoms with Crippen LogP contribution in [0.4, 0.5) is 0 Å². The van der Waals surface area contributed by atoms with Crippen molar-refractivity contribution < 1.29 is 18.7 Å². The zero-order chi connectivity index (χ0) is 27.0. The highest BCUT2D eigenvalue weighted by molar-refractivity contribution is 6.99. The van der Waals surface area contributed by atoms with Gasteiger partial charge >= 0.3 is 5.97 Å². The van der Waals surface area contributed by atoms with Crippen LogP contribution < -0.4 is 19.8 Å². The van der Waals surface area contributed by atoms with Crippen molar-refractivity contribution in [3.05, 3.63) is 120 Å². The molecule has 0 radical (unpaired) electrons. The SMILES string of the molecule is CC(C)(C)[Si](OCc1cc(OC(=O)c2ccccc2)ccc1OCC#N)(c1ccccc1)c1ccccc1. The molecule has 0 amide bonds. The van der Waals surface area contributed by atoms with E-state index in [0.29, 0.717) is 22.6 Å². The van der Waals surface area contributed by atoms with Gasteiger partial charge in [0.15, 0.2) is 6.61 Å². The van der Waals surface area contributed by atoms with Crippen LogP contribution >= 0.6 is 0 Å². The second-order valence-corrected chi connectivity index (χ2v) is 14.2. The van der Waals surface area contributed by atoms with E-state index in [1.165, 1.54) is 0 Å². The van der Waals surface area contributed by atoms with Gasteiger partial charge in [0.05, 0.1) is 12.2 Å². The Balaban J connectivity index is 1.73. The van der Waals surface area contributed by atoms with Crippen molar-refractivity contribution in [2.75, 3.05) is 6.61 Å². The molecule has 4 aromatic rings. The number of carbonyl (C=O) groups excluding carboxylic acids is 1. The molecular formula is C32H31NO4Si. The van der Waals surface area contributed by atoms with Crippen LogP contribution in [-0.2, 0) is 11.0 Å². The Labute approximate surface area is 225 Å². The van der Waals surface area contributed by atoms with Crippen molar-refractivity contribution in [2.24, 2.45) is 0 Å². The van der Waals surface area contributed by atoms with E-state index in [9.17, 15) is 4.79 Å². The maximum absolute atomic E-state index is 12.7. The summed E-state index contributed by atoms with van der Waals surface area (Å²) in [5.41, 5.74) is 1.16. The second kappa shape index (κ2) is 11.9. The van der Waals surface area contributed by atoms with Crippen molar-refractivity contribution in [3.63, 3.8) is 0 Å². The minimum Gasteiger partial charge on any atom is -0.478 e. The van der Waals surface area contributed by atoms with Crippen LogP contribution in [0.2, 0.25) is 5.04 Å². The molecule has 192 valence electrons. The smallest absolute Gasteiger partial charge is 0.343 e. The average molecular weight is 522 g/mol. The Hall–Kier alpha value is -4.18. The van der Waals surface area contributed by atoms with Gasteiger partial charge in [-0.2, -0.15) is 5.26 Å². The molecule has 0 bridgehead atoms. The Morgan fingerprint density at radius 1 is 0.816 bits per heavy atom. The third-order valence-electron chi connectivity index (χ3n) is 6.41. The van der Waals surface area contributed by atoms with Crippen LogP contribution in [0.3, 0.4) is 0 Å². The van der Waals surface area contributed by atoms with Crippen molar-refractivity contribution in [3.8, 4) is 17.6 Å². The molecule has 4 rings (SSSR count). The van der Waals surface area contributed by atoms with Gasteiger partial charge in [0.2, 0.25) is 0 Å². The van der Waals surface area contributed by atoms with Gasteiger partial charge in [-0.3, -0.25) is 0 Å². The van der Waals surface area contributed by atoms with Crippen molar-refractivity contribution in [1.82, 2.24) is 0 Å². The summed E-state index contributed by atoms with van der Waals surface area (Å²) in [6, 6.07) is 36.7. The lowest BCUT2D eigenvalue weighted by atomic mass is 10.2. The first-order valence-corrected chi connectivity index (χ1v) is 14.4. The monoisotopic (exact) mass is 521 g/mol. The molecule has 0 N–H and O–H groups in total. The van der Waals surface area contributed by atoms with E-state index in [0.717, 1.165) is 10.4 Å². The summed E-state index contributed by atoms with van der Waals surface area (Å²) in [5, 5.41) is 11.2. The van der Waals surface area contributed by atoms with Crippen LogP contribution in [0, 0.1) is 11.3 Å². The number of benzene rings is 4. The zero-order valence-corrected chi connectivity index (χ0v) is 22.9. The molecule has 5 nitrogen and oxygen atoms in total. The first-order valence-electron chi connectivity index (χ1n) is 12.5. The molecule has 0 aliphatic carbocycles. The highest BCUT2D eigenvalue weighted by Crippen LogP contribution is 2.38. The van der Waals surface area contributed by atoms with E-state index in [2.05, 4.69) is 45.0 Å². The van der Waals surface area contributed by atoms with Gasteiger partial charge in [-0.25, -0.2) is 4.79 Å². The predicted molar refractivity (Wildman–Crippen MR) is 151 cm³/mol. The fourth-order valence-corrected chi connectivity index (χ4v) is 9.20. The third-order valence-corrected chi connectivity index (χ3v) is 11.4. The fraction of sp³-hybridized carbons (Fsp3) is 0.188. The molecule has 0 aromatic heterocycles. The average Bonchev–Trinajstić information content (AvgIpc) is 2.94. The molecule has 0 aliphatic heterocycles. The first kappa shape index (κ1) is 26.9.